The Balaban J connectivity index is 2.17. The van der Waals surface area contributed by atoms with Crippen molar-refractivity contribution < 1.29 is 13.5 Å². The van der Waals surface area contributed by atoms with Crippen LogP contribution in [-0.4, -0.2) is 34.1 Å². The number of nitrogens with zero attached hydrogens (tertiary/aromatic N) is 2. The fraction of sp³-hybridized carbons (Fsp3) is 0.500. The van der Waals surface area contributed by atoms with Crippen LogP contribution < -0.4 is 0 Å². The standard InChI is InChI=1S/C14H20N2O3S/c1-11(2)20(18,19)9-5-8-16-13-7-4-3-6-12(13)15-14(16)10-17/h3-4,6-7,11,17H,5,8-10H2,1-2H3. The molecule has 2 rings (SSSR count). The molecule has 0 aliphatic heterocycles. The van der Waals surface area contributed by atoms with E-state index in [0.29, 0.717) is 18.8 Å². The van der Waals surface area contributed by atoms with Gasteiger partial charge in [0.1, 0.15) is 12.4 Å². The molecule has 0 amide bonds. The number of aliphatic hydroxyl groups excluding tert-OH is 1. The highest BCUT2D eigenvalue weighted by atomic mass is 32.2. The van der Waals surface area contributed by atoms with Crippen LogP contribution in [0.5, 0.6) is 0 Å². The number of hydrogen-bond donors (Lipinski definition) is 1. The van der Waals surface area contributed by atoms with Crippen molar-refractivity contribution in [1.82, 2.24) is 9.55 Å². The van der Waals surface area contributed by atoms with E-state index in [9.17, 15) is 13.5 Å². The molecule has 0 fully saturated rings. The Bertz CT molecular complexity index is 690. The third-order valence-electron chi connectivity index (χ3n) is 3.40. The molecule has 110 valence electrons. The molecule has 0 saturated carbocycles. The first-order valence-corrected chi connectivity index (χ1v) is 8.44. The van der Waals surface area contributed by atoms with Crippen LogP contribution >= 0.6 is 0 Å². The first-order valence-electron chi connectivity index (χ1n) is 6.72. The molecule has 0 bridgehead atoms. The first-order chi connectivity index (χ1) is 9.45. The molecule has 20 heavy (non-hydrogen) atoms. The van der Waals surface area contributed by atoms with E-state index in [2.05, 4.69) is 4.98 Å². The van der Waals surface area contributed by atoms with Crippen LogP contribution in [0, 0.1) is 0 Å². The highest BCUT2D eigenvalue weighted by Crippen LogP contribution is 2.17. The third-order valence-corrected chi connectivity index (χ3v) is 5.70. The van der Waals surface area contributed by atoms with Crippen LogP contribution in [0.3, 0.4) is 0 Å². The number of aromatic nitrogens is 2. The van der Waals surface area contributed by atoms with Gasteiger partial charge in [0, 0.05) is 6.54 Å². The second kappa shape index (κ2) is 5.93. The van der Waals surface area contributed by atoms with Crippen LogP contribution in [0.1, 0.15) is 26.1 Å². The fourth-order valence-electron chi connectivity index (χ4n) is 2.16. The molecule has 0 spiro atoms. The summed E-state index contributed by atoms with van der Waals surface area (Å²) in [6.45, 7) is 3.79. The molecule has 0 aliphatic rings. The highest BCUT2D eigenvalue weighted by molar-refractivity contribution is 7.91. The van der Waals surface area contributed by atoms with Crippen LogP contribution in [-0.2, 0) is 23.0 Å². The van der Waals surface area contributed by atoms with Crippen LogP contribution in [0.4, 0.5) is 0 Å². The number of imidazole rings is 1. The minimum Gasteiger partial charge on any atom is -0.388 e. The van der Waals surface area contributed by atoms with Gasteiger partial charge in [-0.25, -0.2) is 13.4 Å². The smallest absolute Gasteiger partial charge is 0.152 e. The molecule has 2 aromatic rings. The predicted octanol–water partition coefficient (Wildman–Crippen LogP) is 1.74. The zero-order chi connectivity index (χ0) is 14.8. The van der Waals surface area contributed by atoms with Gasteiger partial charge in [-0.3, -0.25) is 0 Å². The zero-order valence-electron chi connectivity index (χ0n) is 11.8. The molecule has 5 nitrogen and oxygen atoms in total. The third kappa shape index (κ3) is 3.02. The van der Waals surface area contributed by atoms with E-state index in [1.54, 1.807) is 13.8 Å². The van der Waals surface area contributed by atoms with Crippen molar-refractivity contribution in [1.29, 1.82) is 0 Å². The molecular formula is C14H20N2O3S. The average Bonchev–Trinajstić information content (AvgIpc) is 2.77. The summed E-state index contributed by atoms with van der Waals surface area (Å²) in [4.78, 5) is 4.34. The average molecular weight is 296 g/mol. The van der Waals surface area contributed by atoms with E-state index in [-0.39, 0.29) is 17.6 Å². The number of aryl methyl sites for hydroxylation is 1. The molecule has 1 N–H and O–H groups in total. The van der Waals surface area contributed by atoms with Crippen molar-refractivity contribution >= 4 is 20.9 Å². The van der Waals surface area contributed by atoms with Gasteiger partial charge in [0.25, 0.3) is 0 Å². The molecule has 0 radical (unpaired) electrons. The van der Waals surface area contributed by atoms with Gasteiger partial charge in [-0.2, -0.15) is 0 Å². The van der Waals surface area contributed by atoms with Gasteiger partial charge in [0.15, 0.2) is 9.84 Å². The Morgan fingerprint density at radius 1 is 1.30 bits per heavy atom. The lowest BCUT2D eigenvalue weighted by atomic mass is 10.3. The Morgan fingerprint density at radius 2 is 2.00 bits per heavy atom. The normalized spacial score (nSPS) is 12.4. The van der Waals surface area contributed by atoms with Gasteiger partial charge in [0.2, 0.25) is 0 Å². The number of sulfone groups is 1. The Kier molecular flexibility index (Phi) is 4.45. The quantitative estimate of drug-likeness (QED) is 0.881. The lowest BCUT2D eigenvalue weighted by molar-refractivity contribution is 0.266. The van der Waals surface area contributed by atoms with E-state index in [0.717, 1.165) is 11.0 Å². The highest BCUT2D eigenvalue weighted by Gasteiger charge is 2.16. The van der Waals surface area contributed by atoms with Crippen molar-refractivity contribution in [2.45, 2.75) is 38.7 Å². The second-order valence-electron chi connectivity index (χ2n) is 5.10. The predicted molar refractivity (Wildman–Crippen MR) is 79.2 cm³/mol. The molecule has 6 heteroatoms. The van der Waals surface area contributed by atoms with Crippen LogP contribution in [0.15, 0.2) is 24.3 Å². The summed E-state index contributed by atoms with van der Waals surface area (Å²) in [6.07, 6.45) is 0.522. The van der Waals surface area contributed by atoms with E-state index in [1.165, 1.54) is 0 Å². The number of benzene rings is 1. The van der Waals surface area contributed by atoms with Gasteiger partial charge in [0.05, 0.1) is 22.0 Å². The summed E-state index contributed by atoms with van der Waals surface area (Å²) in [6, 6.07) is 7.62. The lowest BCUT2D eigenvalue weighted by Gasteiger charge is -2.10. The van der Waals surface area contributed by atoms with E-state index in [1.807, 2.05) is 28.8 Å². The number of rotatable bonds is 6. The molecule has 0 unspecified atom stereocenters. The van der Waals surface area contributed by atoms with Crippen molar-refractivity contribution in [3.63, 3.8) is 0 Å². The fourth-order valence-corrected chi connectivity index (χ4v) is 3.16. The maximum absolute atomic E-state index is 11.8. The van der Waals surface area contributed by atoms with E-state index in [4.69, 9.17) is 0 Å². The number of para-hydroxylation sites is 2. The molecule has 1 heterocycles. The lowest BCUT2D eigenvalue weighted by Crippen LogP contribution is -2.19. The summed E-state index contributed by atoms with van der Waals surface area (Å²) in [5.41, 5.74) is 1.75. The van der Waals surface area contributed by atoms with Crippen molar-refractivity contribution in [2.75, 3.05) is 5.75 Å². The van der Waals surface area contributed by atoms with Gasteiger partial charge in [-0.1, -0.05) is 12.1 Å². The summed E-state index contributed by atoms with van der Waals surface area (Å²) < 4.78 is 25.5. The maximum Gasteiger partial charge on any atom is 0.152 e. The summed E-state index contributed by atoms with van der Waals surface area (Å²) in [7, 11) is -3.02. The SMILES string of the molecule is CC(C)S(=O)(=O)CCCn1c(CO)nc2ccccc21. The first kappa shape index (κ1) is 15.0. The van der Waals surface area contributed by atoms with Crippen molar-refractivity contribution in [3.05, 3.63) is 30.1 Å². The molecule has 0 atom stereocenters. The largest absolute Gasteiger partial charge is 0.388 e. The molecule has 1 aromatic heterocycles. The van der Waals surface area contributed by atoms with Crippen molar-refractivity contribution in [3.8, 4) is 0 Å². The molecular weight excluding hydrogens is 276 g/mol. The molecule has 0 aliphatic carbocycles. The summed E-state index contributed by atoms with van der Waals surface area (Å²) in [5, 5.41) is 9.02. The molecule has 0 saturated heterocycles. The Hall–Kier alpha value is -1.40. The number of fused-ring (bicyclic) bond motifs is 1. The van der Waals surface area contributed by atoms with Gasteiger partial charge < -0.3 is 9.67 Å². The minimum atomic E-state index is -3.02. The zero-order valence-corrected chi connectivity index (χ0v) is 12.6. The monoisotopic (exact) mass is 296 g/mol. The number of aliphatic hydroxyl groups is 1. The van der Waals surface area contributed by atoms with E-state index < -0.39 is 9.84 Å². The Morgan fingerprint density at radius 3 is 2.65 bits per heavy atom. The van der Waals surface area contributed by atoms with Gasteiger partial charge in [-0.15, -0.1) is 0 Å². The van der Waals surface area contributed by atoms with Gasteiger partial charge >= 0.3 is 0 Å². The summed E-state index contributed by atoms with van der Waals surface area (Å²) in [5.74, 6) is 0.732. The van der Waals surface area contributed by atoms with Crippen molar-refractivity contribution in [2.24, 2.45) is 0 Å². The van der Waals surface area contributed by atoms with Crippen LogP contribution in [0.2, 0.25) is 0 Å². The second-order valence-corrected chi connectivity index (χ2v) is 7.77. The summed E-state index contributed by atoms with van der Waals surface area (Å²) >= 11 is 0. The van der Waals surface area contributed by atoms with Gasteiger partial charge in [-0.05, 0) is 32.4 Å². The minimum absolute atomic E-state index is 0.147. The Labute approximate surface area is 119 Å². The number of hydrogen-bond acceptors (Lipinski definition) is 4. The maximum atomic E-state index is 11.8. The van der Waals surface area contributed by atoms with E-state index >= 15 is 0 Å². The molecule has 1 aromatic carbocycles. The van der Waals surface area contributed by atoms with Crippen LogP contribution in [0.25, 0.3) is 11.0 Å². The topological polar surface area (TPSA) is 72.2 Å².